The third kappa shape index (κ3) is 1.97. The molecule has 0 saturated carbocycles. The Hall–Kier alpha value is -1.20. The maximum absolute atomic E-state index is 5.86. The lowest BCUT2D eigenvalue weighted by atomic mass is 9.91. The van der Waals surface area contributed by atoms with Crippen LogP contribution in [0.5, 0.6) is 0 Å². The van der Waals surface area contributed by atoms with Gasteiger partial charge < -0.3 is 9.15 Å². The van der Waals surface area contributed by atoms with Crippen molar-refractivity contribution >= 4 is 11.3 Å². The van der Waals surface area contributed by atoms with Crippen LogP contribution in [0.15, 0.2) is 21.9 Å². The van der Waals surface area contributed by atoms with Crippen LogP contribution >= 0.6 is 11.3 Å². The van der Waals surface area contributed by atoms with E-state index in [1.807, 2.05) is 6.07 Å². The van der Waals surface area contributed by atoms with E-state index in [0.29, 0.717) is 18.4 Å². The first kappa shape index (κ1) is 11.9. The van der Waals surface area contributed by atoms with E-state index >= 15 is 0 Å². The summed E-state index contributed by atoms with van der Waals surface area (Å²) in [6, 6.07) is 4.15. The van der Waals surface area contributed by atoms with E-state index in [1.54, 1.807) is 11.3 Å². The monoisotopic (exact) mass is 264 g/mol. The molecule has 3 heterocycles. The van der Waals surface area contributed by atoms with E-state index in [-0.39, 0.29) is 11.3 Å². The molecule has 4 nitrogen and oxygen atoms in total. The lowest BCUT2D eigenvalue weighted by Crippen LogP contribution is -2.17. The molecule has 0 aliphatic carbocycles. The Morgan fingerprint density at radius 1 is 1.39 bits per heavy atom. The van der Waals surface area contributed by atoms with Crippen molar-refractivity contribution in [1.29, 1.82) is 0 Å². The first-order valence-corrected chi connectivity index (χ1v) is 7.01. The molecule has 0 N–H and O–H groups in total. The molecule has 2 aromatic heterocycles. The Labute approximate surface area is 110 Å². The van der Waals surface area contributed by atoms with Crippen molar-refractivity contribution in [2.75, 3.05) is 13.2 Å². The molecule has 3 rings (SSSR count). The average molecular weight is 264 g/mol. The van der Waals surface area contributed by atoms with E-state index in [2.05, 4.69) is 35.5 Å². The van der Waals surface area contributed by atoms with Gasteiger partial charge in [0, 0.05) is 11.5 Å². The molecule has 1 atom stereocenters. The van der Waals surface area contributed by atoms with Crippen molar-refractivity contribution in [1.82, 2.24) is 10.2 Å². The molecular weight excluding hydrogens is 248 g/mol. The van der Waals surface area contributed by atoms with Gasteiger partial charge >= 0.3 is 0 Å². The maximum atomic E-state index is 5.86. The summed E-state index contributed by atoms with van der Waals surface area (Å²) in [7, 11) is 0. The van der Waals surface area contributed by atoms with Gasteiger partial charge in [-0.05, 0) is 31.7 Å². The van der Waals surface area contributed by atoms with Gasteiger partial charge in [-0.25, -0.2) is 0 Å². The predicted molar refractivity (Wildman–Crippen MR) is 68.9 cm³/mol. The Bertz CT molecular complexity index is 513. The molecule has 1 aliphatic rings. The fraction of sp³-hybridized carbons (Fsp3) is 0.538. The van der Waals surface area contributed by atoms with Crippen molar-refractivity contribution < 1.29 is 9.15 Å². The second kappa shape index (κ2) is 4.48. The fourth-order valence-electron chi connectivity index (χ4n) is 2.12. The van der Waals surface area contributed by atoms with Crippen molar-refractivity contribution in [3.05, 3.63) is 34.2 Å². The summed E-state index contributed by atoms with van der Waals surface area (Å²) in [6.07, 6.45) is 0.973. The van der Waals surface area contributed by atoms with Crippen LogP contribution < -0.4 is 0 Å². The molecule has 0 amide bonds. The lowest BCUT2D eigenvalue weighted by molar-refractivity contribution is 0.190. The van der Waals surface area contributed by atoms with E-state index in [0.717, 1.165) is 13.0 Å². The van der Waals surface area contributed by atoms with Gasteiger partial charge in [0.05, 0.1) is 17.9 Å². The summed E-state index contributed by atoms with van der Waals surface area (Å²) in [6.45, 7) is 5.71. The average Bonchev–Trinajstić information content (AvgIpc) is 3.12. The molecule has 0 bridgehead atoms. The number of hydrogen-bond acceptors (Lipinski definition) is 5. The number of aromatic nitrogens is 2. The molecule has 0 radical (unpaired) electrons. The molecule has 1 aliphatic heterocycles. The zero-order chi connectivity index (χ0) is 12.6. The number of ether oxygens (including phenoxy) is 1. The molecule has 0 unspecified atom stereocenters. The van der Waals surface area contributed by atoms with Gasteiger partial charge in [-0.2, -0.15) is 0 Å². The summed E-state index contributed by atoms with van der Waals surface area (Å²) in [5.41, 5.74) is -0.223. The van der Waals surface area contributed by atoms with Crippen LogP contribution in [0.4, 0.5) is 0 Å². The smallest absolute Gasteiger partial charge is 0.227 e. The second-order valence-electron chi connectivity index (χ2n) is 5.11. The first-order valence-electron chi connectivity index (χ1n) is 6.13. The highest BCUT2D eigenvalue weighted by Gasteiger charge is 2.32. The maximum Gasteiger partial charge on any atom is 0.227 e. The van der Waals surface area contributed by atoms with Crippen LogP contribution in [-0.4, -0.2) is 23.4 Å². The van der Waals surface area contributed by atoms with Crippen LogP contribution in [0.2, 0.25) is 0 Å². The van der Waals surface area contributed by atoms with Crippen LogP contribution in [0.25, 0.3) is 0 Å². The normalized spacial score (nSPS) is 20.4. The van der Waals surface area contributed by atoms with E-state index in [1.165, 1.54) is 4.88 Å². The topological polar surface area (TPSA) is 48.2 Å². The molecule has 1 saturated heterocycles. The van der Waals surface area contributed by atoms with Gasteiger partial charge in [-0.1, -0.05) is 6.07 Å². The summed E-state index contributed by atoms with van der Waals surface area (Å²) in [4.78, 5) is 1.24. The Kier molecular flexibility index (Phi) is 2.95. The minimum atomic E-state index is -0.223. The zero-order valence-electron chi connectivity index (χ0n) is 10.5. The van der Waals surface area contributed by atoms with Gasteiger partial charge in [-0.15, -0.1) is 21.5 Å². The molecule has 5 heteroatoms. The molecule has 0 aromatic carbocycles. The number of nitrogens with zero attached hydrogens (tertiary/aromatic N) is 2. The number of hydrogen-bond donors (Lipinski definition) is 0. The molecule has 1 fully saturated rings. The van der Waals surface area contributed by atoms with E-state index in [9.17, 15) is 0 Å². The number of rotatable bonds is 3. The highest BCUT2D eigenvalue weighted by molar-refractivity contribution is 7.10. The lowest BCUT2D eigenvalue weighted by Gasteiger charge is -2.17. The summed E-state index contributed by atoms with van der Waals surface area (Å²) in [5, 5.41) is 10.5. The number of thiophene rings is 1. The van der Waals surface area contributed by atoms with Gasteiger partial charge in [-0.3, -0.25) is 0 Å². The largest absolute Gasteiger partial charge is 0.424 e. The van der Waals surface area contributed by atoms with Crippen molar-refractivity contribution in [3.8, 4) is 0 Å². The van der Waals surface area contributed by atoms with Crippen molar-refractivity contribution in [3.63, 3.8) is 0 Å². The van der Waals surface area contributed by atoms with E-state index in [4.69, 9.17) is 9.15 Å². The van der Waals surface area contributed by atoms with E-state index < -0.39 is 0 Å². The van der Waals surface area contributed by atoms with Gasteiger partial charge in [0.25, 0.3) is 0 Å². The molecular formula is C13H16N2O2S. The summed E-state index contributed by atoms with van der Waals surface area (Å²) >= 11 is 1.71. The molecule has 2 aromatic rings. The van der Waals surface area contributed by atoms with Gasteiger partial charge in [0.1, 0.15) is 0 Å². The molecule has 0 spiro atoms. The SMILES string of the molecule is CC(C)(c1nnc([C@@H]2CCOC2)o1)c1cccs1. The van der Waals surface area contributed by atoms with Gasteiger partial charge in [0.2, 0.25) is 11.8 Å². The Morgan fingerprint density at radius 3 is 2.94 bits per heavy atom. The molecule has 96 valence electrons. The molecule has 18 heavy (non-hydrogen) atoms. The van der Waals surface area contributed by atoms with Crippen molar-refractivity contribution in [2.24, 2.45) is 0 Å². The summed E-state index contributed by atoms with van der Waals surface area (Å²) < 4.78 is 11.2. The zero-order valence-corrected chi connectivity index (χ0v) is 11.4. The Balaban J connectivity index is 1.88. The van der Waals surface area contributed by atoms with Crippen molar-refractivity contribution in [2.45, 2.75) is 31.6 Å². The second-order valence-corrected chi connectivity index (χ2v) is 6.06. The minimum Gasteiger partial charge on any atom is -0.424 e. The standard InChI is InChI=1S/C13H16N2O2S/c1-13(2,10-4-3-7-18-10)12-15-14-11(17-12)9-5-6-16-8-9/h3-4,7,9H,5-6,8H2,1-2H3/t9-/m1/s1. The van der Waals surface area contributed by atoms with Gasteiger partial charge in [0.15, 0.2) is 0 Å². The first-order chi connectivity index (χ1) is 8.68. The highest BCUT2D eigenvalue weighted by Crippen LogP contribution is 2.35. The predicted octanol–water partition coefficient (Wildman–Crippen LogP) is 2.96. The Morgan fingerprint density at radius 2 is 2.28 bits per heavy atom. The quantitative estimate of drug-likeness (QED) is 0.855. The van der Waals surface area contributed by atoms with Crippen LogP contribution in [-0.2, 0) is 10.2 Å². The highest BCUT2D eigenvalue weighted by atomic mass is 32.1. The van der Waals surface area contributed by atoms with Crippen LogP contribution in [0, 0.1) is 0 Å². The third-order valence-corrected chi connectivity index (χ3v) is 4.58. The fourth-order valence-corrected chi connectivity index (χ4v) is 2.96. The third-order valence-electron chi connectivity index (χ3n) is 3.39. The minimum absolute atomic E-state index is 0.223. The van der Waals surface area contributed by atoms with Crippen LogP contribution in [0.1, 0.15) is 42.8 Å². The summed E-state index contributed by atoms with van der Waals surface area (Å²) in [5.74, 6) is 1.67. The van der Waals surface area contributed by atoms with Crippen LogP contribution in [0.3, 0.4) is 0 Å².